The Bertz CT molecular complexity index is 1010. The summed E-state index contributed by atoms with van der Waals surface area (Å²) in [4.78, 5) is 14.6. The summed E-state index contributed by atoms with van der Waals surface area (Å²) in [6.07, 6.45) is 0.868. The third kappa shape index (κ3) is 4.15. The maximum atomic E-state index is 12.6. The van der Waals surface area contributed by atoms with Gasteiger partial charge in [-0.25, -0.2) is 0 Å². The number of amides is 1. The number of hydrogen-bond donors (Lipinski definition) is 2. The lowest BCUT2D eigenvalue weighted by Crippen LogP contribution is -2.50. The Morgan fingerprint density at radius 2 is 1.55 bits per heavy atom. The van der Waals surface area contributed by atoms with Gasteiger partial charge < -0.3 is 10.2 Å². The van der Waals surface area contributed by atoms with Gasteiger partial charge in [-0.1, -0.05) is 54.6 Å². The fraction of sp³-hybridized carbons (Fsp3) is 0.167. The second-order valence-electron chi connectivity index (χ2n) is 7.20. The molecule has 1 heterocycles. The zero-order chi connectivity index (χ0) is 20.2. The highest BCUT2D eigenvalue weighted by molar-refractivity contribution is 7.80. The molecule has 0 aromatic heterocycles. The van der Waals surface area contributed by atoms with Crippen molar-refractivity contribution in [2.75, 3.05) is 10.2 Å². The molecule has 0 spiro atoms. The van der Waals surface area contributed by atoms with Gasteiger partial charge in [-0.05, 0) is 61.5 Å². The van der Waals surface area contributed by atoms with Crippen molar-refractivity contribution in [2.24, 2.45) is 0 Å². The first kappa shape index (κ1) is 19.2. The van der Waals surface area contributed by atoms with Gasteiger partial charge in [0.2, 0.25) is 0 Å². The van der Waals surface area contributed by atoms with Crippen LogP contribution in [0.25, 0.3) is 0 Å². The molecule has 2 N–H and O–H groups in total. The molecule has 1 aliphatic rings. The first-order valence-electron chi connectivity index (χ1n) is 9.73. The van der Waals surface area contributed by atoms with E-state index in [0.29, 0.717) is 10.7 Å². The molecule has 0 fully saturated rings. The highest BCUT2D eigenvalue weighted by Crippen LogP contribution is 2.38. The third-order valence-corrected chi connectivity index (χ3v) is 5.48. The molecule has 0 radical (unpaired) electrons. The van der Waals surface area contributed by atoms with Gasteiger partial charge in [-0.2, -0.15) is 0 Å². The number of nitrogens with one attached hydrogen (secondary N) is 2. The average Bonchev–Trinajstić information content (AvgIpc) is 2.75. The minimum atomic E-state index is -0.190. The van der Waals surface area contributed by atoms with Crippen LogP contribution in [0.15, 0.2) is 84.9 Å². The van der Waals surface area contributed by atoms with Crippen molar-refractivity contribution in [1.29, 1.82) is 0 Å². The average molecular weight is 402 g/mol. The molecule has 146 valence electrons. The van der Waals surface area contributed by atoms with Crippen LogP contribution in [0.5, 0.6) is 0 Å². The number of nitrogens with zero attached hydrogens (tertiary/aromatic N) is 1. The summed E-state index contributed by atoms with van der Waals surface area (Å²) in [5, 5.41) is 6.96. The number of hydrogen-bond acceptors (Lipinski definition) is 3. The summed E-state index contributed by atoms with van der Waals surface area (Å²) in [7, 11) is 0. The number of fused-ring (bicyclic) bond motifs is 1. The van der Waals surface area contributed by atoms with E-state index < -0.39 is 0 Å². The Morgan fingerprint density at radius 3 is 2.28 bits per heavy atom. The lowest BCUT2D eigenvalue weighted by atomic mass is 9.91. The first-order chi connectivity index (χ1) is 14.1. The number of thiocarbonyl (C=S) groups is 1. The standard InChI is InChI=1S/C24H23N3OS/c1-17-16-21(25-19-12-6-3-7-13-19)20-14-8-9-15-22(20)27(17)24(29)26-23(28)18-10-4-2-5-11-18/h2-15,17,21,25H,16H2,1H3,(H,26,28,29). The van der Waals surface area contributed by atoms with Crippen LogP contribution in [0.3, 0.4) is 0 Å². The molecule has 0 bridgehead atoms. The lowest BCUT2D eigenvalue weighted by molar-refractivity contribution is 0.0977. The minimum absolute atomic E-state index is 0.134. The Kier molecular flexibility index (Phi) is 5.58. The maximum Gasteiger partial charge on any atom is 0.257 e. The Labute approximate surface area is 176 Å². The number of carbonyl (C=O) groups excluding carboxylic acids is 1. The number of anilines is 2. The largest absolute Gasteiger partial charge is 0.378 e. The normalized spacial score (nSPS) is 17.9. The summed E-state index contributed by atoms with van der Waals surface area (Å²) < 4.78 is 0. The van der Waals surface area contributed by atoms with Gasteiger partial charge >= 0.3 is 0 Å². The molecule has 0 saturated carbocycles. The van der Waals surface area contributed by atoms with E-state index in [2.05, 4.69) is 46.7 Å². The predicted molar refractivity (Wildman–Crippen MR) is 122 cm³/mol. The van der Waals surface area contributed by atoms with Gasteiger partial charge in [0.05, 0.1) is 6.04 Å². The van der Waals surface area contributed by atoms with Gasteiger partial charge in [0, 0.05) is 23.0 Å². The molecule has 3 aromatic carbocycles. The third-order valence-electron chi connectivity index (χ3n) is 5.18. The summed E-state index contributed by atoms with van der Waals surface area (Å²) in [5.74, 6) is -0.190. The molecule has 29 heavy (non-hydrogen) atoms. The van der Waals surface area contributed by atoms with Crippen LogP contribution >= 0.6 is 12.2 Å². The second kappa shape index (κ2) is 8.45. The van der Waals surface area contributed by atoms with Crippen LogP contribution in [-0.2, 0) is 0 Å². The number of rotatable bonds is 3. The van der Waals surface area contributed by atoms with Gasteiger partial charge in [0.1, 0.15) is 0 Å². The summed E-state index contributed by atoms with van der Waals surface area (Å²) in [6.45, 7) is 2.14. The Balaban J connectivity index is 1.58. The topological polar surface area (TPSA) is 44.4 Å². The smallest absolute Gasteiger partial charge is 0.257 e. The van der Waals surface area contributed by atoms with E-state index in [9.17, 15) is 4.79 Å². The molecule has 0 saturated heterocycles. The van der Waals surface area contributed by atoms with Gasteiger partial charge in [0.25, 0.3) is 5.91 Å². The van der Waals surface area contributed by atoms with E-state index >= 15 is 0 Å². The molecule has 3 aromatic rings. The maximum absolute atomic E-state index is 12.6. The van der Waals surface area contributed by atoms with Crippen molar-refractivity contribution in [3.05, 3.63) is 96.1 Å². The van der Waals surface area contributed by atoms with Crippen LogP contribution in [0.1, 0.15) is 35.3 Å². The van der Waals surface area contributed by atoms with Crippen molar-refractivity contribution in [3.63, 3.8) is 0 Å². The SMILES string of the molecule is CC1CC(Nc2ccccc2)c2ccccc2N1C(=S)NC(=O)c1ccccc1. The molecule has 1 aliphatic heterocycles. The predicted octanol–water partition coefficient (Wildman–Crippen LogP) is 5.15. The summed E-state index contributed by atoms with van der Waals surface area (Å²) >= 11 is 5.65. The van der Waals surface area contributed by atoms with Gasteiger partial charge in [-0.15, -0.1) is 0 Å². The zero-order valence-corrected chi connectivity index (χ0v) is 17.0. The van der Waals surface area contributed by atoms with E-state index in [4.69, 9.17) is 12.2 Å². The second-order valence-corrected chi connectivity index (χ2v) is 7.59. The number of carbonyl (C=O) groups is 1. The lowest BCUT2D eigenvalue weighted by Gasteiger charge is -2.41. The quantitative estimate of drug-likeness (QED) is 0.596. The van der Waals surface area contributed by atoms with E-state index in [1.54, 1.807) is 12.1 Å². The highest BCUT2D eigenvalue weighted by Gasteiger charge is 2.32. The van der Waals surface area contributed by atoms with Crippen LogP contribution in [0.4, 0.5) is 11.4 Å². The molecule has 5 heteroatoms. The monoisotopic (exact) mass is 401 g/mol. The number of para-hydroxylation sites is 2. The van der Waals surface area contributed by atoms with E-state index in [1.165, 1.54) is 5.56 Å². The molecular formula is C24H23N3OS. The fourth-order valence-electron chi connectivity index (χ4n) is 3.81. The van der Waals surface area contributed by atoms with Crippen LogP contribution in [0.2, 0.25) is 0 Å². The molecule has 4 nitrogen and oxygen atoms in total. The Hall–Kier alpha value is -3.18. The van der Waals surface area contributed by atoms with E-state index in [0.717, 1.165) is 17.8 Å². The molecule has 0 aliphatic carbocycles. The molecule has 1 amide bonds. The highest BCUT2D eigenvalue weighted by atomic mass is 32.1. The summed E-state index contributed by atoms with van der Waals surface area (Å²) in [6, 6.07) is 27.9. The Morgan fingerprint density at radius 1 is 0.931 bits per heavy atom. The van der Waals surface area contributed by atoms with Crippen LogP contribution in [-0.4, -0.2) is 17.1 Å². The zero-order valence-electron chi connectivity index (χ0n) is 16.2. The first-order valence-corrected chi connectivity index (χ1v) is 10.1. The molecule has 2 atom stereocenters. The fourth-order valence-corrected chi connectivity index (χ4v) is 4.18. The molecular weight excluding hydrogens is 378 g/mol. The van der Waals surface area contributed by atoms with Crippen molar-refractivity contribution < 1.29 is 4.79 Å². The van der Waals surface area contributed by atoms with E-state index in [1.807, 2.05) is 48.5 Å². The van der Waals surface area contributed by atoms with Gasteiger partial charge in [0.15, 0.2) is 5.11 Å². The van der Waals surface area contributed by atoms with Crippen molar-refractivity contribution in [2.45, 2.75) is 25.4 Å². The van der Waals surface area contributed by atoms with Crippen molar-refractivity contribution in [3.8, 4) is 0 Å². The van der Waals surface area contributed by atoms with Crippen molar-refractivity contribution in [1.82, 2.24) is 5.32 Å². The summed E-state index contributed by atoms with van der Waals surface area (Å²) in [5.41, 5.74) is 3.88. The van der Waals surface area contributed by atoms with Crippen molar-refractivity contribution >= 4 is 34.6 Å². The minimum Gasteiger partial charge on any atom is -0.378 e. The number of benzene rings is 3. The van der Waals surface area contributed by atoms with Crippen LogP contribution < -0.4 is 15.5 Å². The van der Waals surface area contributed by atoms with Gasteiger partial charge in [-0.3, -0.25) is 10.1 Å². The molecule has 4 rings (SSSR count). The van der Waals surface area contributed by atoms with E-state index in [-0.39, 0.29) is 18.0 Å². The van der Waals surface area contributed by atoms with Crippen LogP contribution in [0, 0.1) is 0 Å². The molecule has 2 unspecified atom stereocenters.